The third-order valence-electron chi connectivity index (χ3n) is 6.23. The van der Waals surface area contributed by atoms with E-state index in [1.807, 2.05) is 17.0 Å². The van der Waals surface area contributed by atoms with E-state index < -0.39 is 0 Å². The number of anilines is 1. The molecule has 0 spiro atoms. The molecule has 0 saturated carbocycles. The standard InChI is InChI=1S/C23H27N5O.2ClH/c1-26-20-9-11-24-15-19(20)18-7-8-21(25-23(18)26)28-14-13-27(16-22(28)29)12-10-17-5-3-2-4-6-17;;/h2-8,24H,9-16H2,1H3;2*1H. The lowest BCUT2D eigenvalue weighted by Crippen LogP contribution is -2.51. The van der Waals surface area contributed by atoms with Gasteiger partial charge in [-0.1, -0.05) is 30.3 Å². The van der Waals surface area contributed by atoms with Crippen LogP contribution in [0.4, 0.5) is 5.82 Å². The van der Waals surface area contributed by atoms with Crippen molar-refractivity contribution in [3.8, 4) is 0 Å². The average molecular weight is 462 g/mol. The summed E-state index contributed by atoms with van der Waals surface area (Å²) in [4.78, 5) is 21.9. The largest absolute Gasteiger partial charge is 0.332 e. The monoisotopic (exact) mass is 461 g/mol. The van der Waals surface area contributed by atoms with Crippen LogP contribution in [0.1, 0.15) is 16.8 Å². The number of hydrogen-bond donors (Lipinski definition) is 1. The molecule has 0 atom stereocenters. The van der Waals surface area contributed by atoms with Crippen LogP contribution in [0.25, 0.3) is 11.0 Å². The summed E-state index contributed by atoms with van der Waals surface area (Å²) in [6.45, 7) is 4.84. The predicted molar refractivity (Wildman–Crippen MR) is 130 cm³/mol. The SMILES string of the molecule is Cl.Cl.Cn1c2c(c3ccc(N4CCN(CCc5ccccc5)CC4=O)nc31)CNCC2. The number of aromatic nitrogens is 2. The Morgan fingerprint density at radius 3 is 2.65 bits per heavy atom. The molecule has 0 aliphatic carbocycles. The number of pyridine rings is 1. The van der Waals surface area contributed by atoms with Crippen LogP contribution in [0.5, 0.6) is 0 Å². The normalized spacial score (nSPS) is 16.5. The summed E-state index contributed by atoms with van der Waals surface area (Å²) in [5.41, 5.74) is 5.01. The summed E-state index contributed by atoms with van der Waals surface area (Å²) in [5.74, 6) is 0.910. The fourth-order valence-electron chi connectivity index (χ4n) is 4.59. The third kappa shape index (κ3) is 4.58. The molecule has 1 saturated heterocycles. The second-order valence-corrected chi connectivity index (χ2v) is 8.01. The van der Waals surface area contributed by atoms with Crippen molar-refractivity contribution < 1.29 is 4.79 Å². The van der Waals surface area contributed by atoms with Gasteiger partial charge >= 0.3 is 0 Å². The predicted octanol–water partition coefficient (Wildman–Crippen LogP) is 2.95. The molecular weight excluding hydrogens is 433 g/mol. The molecular formula is C23H29Cl2N5O. The molecule has 2 aliphatic heterocycles. The molecule has 1 fully saturated rings. The first-order valence-corrected chi connectivity index (χ1v) is 10.5. The Bertz CT molecular complexity index is 1050. The molecule has 5 rings (SSSR count). The van der Waals surface area contributed by atoms with Crippen molar-refractivity contribution in [2.24, 2.45) is 7.05 Å². The van der Waals surface area contributed by atoms with Crippen molar-refractivity contribution in [3.05, 3.63) is 59.3 Å². The van der Waals surface area contributed by atoms with Gasteiger partial charge in [-0.05, 0) is 29.7 Å². The van der Waals surface area contributed by atoms with Crippen molar-refractivity contribution in [1.82, 2.24) is 19.8 Å². The Kier molecular flexibility index (Phi) is 7.59. The summed E-state index contributed by atoms with van der Waals surface area (Å²) in [5, 5.41) is 4.65. The van der Waals surface area contributed by atoms with E-state index in [0.29, 0.717) is 13.1 Å². The van der Waals surface area contributed by atoms with E-state index in [9.17, 15) is 4.79 Å². The molecule has 2 aliphatic rings. The van der Waals surface area contributed by atoms with E-state index in [2.05, 4.69) is 52.2 Å². The highest BCUT2D eigenvalue weighted by Crippen LogP contribution is 2.29. The van der Waals surface area contributed by atoms with Gasteiger partial charge in [0.2, 0.25) is 5.91 Å². The van der Waals surface area contributed by atoms with E-state index in [4.69, 9.17) is 4.98 Å². The number of halogens is 2. The Morgan fingerprint density at radius 2 is 1.87 bits per heavy atom. The minimum absolute atomic E-state index is 0. The number of benzene rings is 1. The van der Waals surface area contributed by atoms with Gasteiger partial charge in [-0.15, -0.1) is 24.8 Å². The van der Waals surface area contributed by atoms with E-state index >= 15 is 0 Å². The summed E-state index contributed by atoms with van der Waals surface area (Å²) >= 11 is 0. The number of nitrogens with one attached hydrogen (secondary N) is 1. The number of piperazine rings is 1. The molecule has 0 unspecified atom stereocenters. The van der Waals surface area contributed by atoms with Crippen LogP contribution in [0.2, 0.25) is 0 Å². The maximum absolute atomic E-state index is 12.9. The molecule has 6 nitrogen and oxygen atoms in total. The highest BCUT2D eigenvalue weighted by atomic mass is 35.5. The molecule has 0 radical (unpaired) electrons. The minimum atomic E-state index is 0. The molecule has 8 heteroatoms. The number of hydrogen-bond acceptors (Lipinski definition) is 4. The number of carbonyl (C=O) groups excluding carboxylic acids is 1. The fourth-order valence-corrected chi connectivity index (χ4v) is 4.59. The van der Waals surface area contributed by atoms with E-state index in [-0.39, 0.29) is 30.7 Å². The Balaban J connectivity index is 0.00000136. The molecule has 1 N–H and O–H groups in total. The first-order chi connectivity index (χ1) is 14.2. The minimum Gasteiger partial charge on any atom is -0.332 e. The summed E-state index contributed by atoms with van der Waals surface area (Å²) in [7, 11) is 2.09. The molecule has 1 amide bonds. The molecule has 4 heterocycles. The Hall–Kier alpha value is -2.12. The zero-order chi connectivity index (χ0) is 19.8. The topological polar surface area (TPSA) is 53.4 Å². The van der Waals surface area contributed by atoms with Gasteiger partial charge in [0, 0.05) is 57.3 Å². The van der Waals surface area contributed by atoms with Gasteiger partial charge in [-0.25, -0.2) is 4.98 Å². The van der Waals surface area contributed by atoms with Crippen LogP contribution in [0.3, 0.4) is 0 Å². The quantitative estimate of drug-likeness (QED) is 0.648. The lowest BCUT2D eigenvalue weighted by Gasteiger charge is -2.33. The third-order valence-corrected chi connectivity index (χ3v) is 6.23. The van der Waals surface area contributed by atoms with Gasteiger partial charge in [-0.2, -0.15) is 0 Å². The summed E-state index contributed by atoms with van der Waals surface area (Å²) < 4.78 is 2.20. The van der Waals surface area contributed by atoms with Crippen LogP contribution in [-0.2, 0) is 31.2 Å². The van der Waals surface area contributed by atoms with Crippen molar-refractivity contribution in [3.63, 3.8) is 0 Å². The number of amides is 1. The van der Waals surface area contributed by atoms with E-state index in [1.165, 1.54) is 22.2 Å². The molecule has 0 bridgehead atoms. The van der Waals surface area contributed by atoms with Crippen molar-refractivity contribution >= 4 is 47.6 Å². The molecule has 2 aromatic heterocycles. The highest BCUT2D eigenvalue weighted by Gasteiger charge is 2.27. The average Bonchev–Trinajstić information content (AvgIpc) is 3.05. The van der Waals surface area contributed by atoms with Crippen LogP contribution in [-0.4, -0.2) is 53.1 Å². The van der Waals surface area contributed by atoms with Crippen molar-refractivity contribution in [2.45, 2.75) is 19.4 Å². The smallest absolute Gasteiger partial charge is 0.242 e. The number of nitrogens with zero attached hydrogens (tertiary/aromatic N) is 4. The fraction of sp³-hybridized carbons (Fsp3) is 0.391. The molecule has 31 heavy (non-hydrogen) atoms. The van der Waals surface area contributed by atoms with Crippen molar-refractivity contribution in [1.29, 1.82) is 0 Å². The molecule has 1 aromatic carbocycles. The zero-order valence-corrected chi connectivity index (χ0v) is 19.3. The van der Waals surface area contributed by atoms with Crippen LogP contribution in [0.15, 0.2) is 42.5 Å². The first kappa shape index (κ1) is 23.5. The van der Waals surface area contributed by atoms with Crippen LogP contribution >= 0.6 is 24.8 Å². The van der Waals surface area contributed by atoms with Gasteiger partial charge < -0.3 is 9.88 Å². The highest BCUT2D eigenvalue weighted by molar-refractivity contribution is 5.96. The van der Waals surface area contributed by atoms with Crippen LogP contribution in [0, 0.1) is 0 Å². The number of carbonyl (C=O) groups is 1. The zero-order valence-electron chi connectivity index (χ0n) is 17.7. The second-order valence-electron chi connectivity index (χ2n) is 8.01. The lowest BCUT2D eigenvalue weighted by molar-refractivity contribution is -0.121. The maximum atomic E-state index is 12.9. The Morgan fingerprint density at radius 1 is 1.06 bits per heavy atom. The van der Waals surface area contributed by atoms with Gasteiger partial charge in [0.25, 0.3) is 0 Å². The first-order valence-electron chi connectivity index (χ1n) is 10.5. The number of fused-ring (bicyclic) bond motifs is 3. The maximum Gasteiger partial charge on any atom is 0.242 e. The Labute approximate surface area is 195 Å². The summed E-state index contributed by atoms with van der Waals surface area (Å²) in [6, 6.07) is 14.6. The van der Waals surface area contributed by atoms with Gasteiger partial charge in [0.15, 0.2) is 0 Å². The van der Waals surface area contributed by atoms with Crippen LogP contribution < -0.4 is 10.2 Å². The second kappa shape index (κ2) is 10.0. The van der Waals surface area contributed by atoms with Gasteiger partial charge in [-0.3, -0.25) is 14.6 Å². The number of rotatable bonds is 4. The van der Waals surface area contributed by atoms with E-state index in [1.54, 1.807) is 0 Å². The molecule has 3 aromatic rings. The van der Waals surface area contributed by atoms with Gasteiger partial charge in [0.05, 0.1) is 6.54 Å². The van der Waals surface area contributed by atoms with Crippen molar-refractivity contribution in [2.75, 3.05) is 37.6 Å². The lowest BCUT2D eigenvalue weighted by atomic mass is 10.1. The summed E-state index contributed by atoms with van der Waals surface area (Å²) in [6.07, 6.45) is 2.00. The molecule has 166 valence electrons. The van der Waals surface area contributed by atoms with Gasteiger partial charge in [0.1, 0.15) is 11.5 Å². The van der Waals surface area contributed by atoms with E-state index in [0.717, 1.165) is 50.5 Å². The number of aryl methyl sites for hydroxylation is 1.